The van der Waals surface area contributed by atoms with Crippen LogP contribution in [0.3, 0.4) is 0 Å². The van der Waals surface area contributed by atoms with Gasteiger partial charge in [-0.15, -0.1) is 12.4 Å². The van der Waals surface area contributed by atoms with E-state index in [0.717, 1.165) is 93.8 Å². The Bertz CT molecular complexity index is 2260. The predicted octanol–water partition coefficient (Wildman–Crippen LogP) is 9.47. The molecular weight excluding hydrogens is 799 g/mol. The van der Waals surface area contributed by atoms with Crippen molar-refractivity contribution in [2.45, 2.75) is 99.3 Å². The minimum absolute atomic E-state index is 0. The number of fused-ring (bicyclic) bond motifs is 2. The fourth-order valence-electron chi connectivity index (χ4n) is 10.2. The number of β-amino-alcohol motifs (C(OH)–C–C–N with tert-alkyl or cyclic N) is 1. The fourth-order valence-corrected chi connectivity index (χ4v) is 10.2. The largest absolute Gasteiger partial charge is 0.387 e. The minimum Gasteiger partial charge on any atom is -0.387 e. The number of nitrogens with zero attached hydrogens (tertiary/aromatic N) is 4. The Balaban J connectivity index is 0.000000206. The third-order valence-corrected chi connectivity index (χ3v) is 14.3. The molecule has 332 valence electrons. The molecule has 4 aromatic rings. The third kappa shape index (κ3) is 10.0. The van der Waals surface area contributed by atoms with Gasteiger partial charge in [0.1, 0.15) is 5.82 Å². The van der Waals surface area contributed by atoms with Gasteiger partial charge in [-0.1, -0.05) is 47.5 Å². The van der Waals surface area contributed by atoms with Crippen molar-refractivity contribution in [1.29, 1.82) is 0 Å². The summed E-state index contributed by atoms with van der Waals surface area (Å²) in [7, 11) is 0. The maximum absolute atomic E-state index is 13.6. The number of aliphatic hydroxyl groups is 1. The number of carbonyl (C=O) groups excluding carboxylic acids is 3. The normalized spacial score (nSPS) is 18.5. The molecule has 0 bridgehead atoms. The van der Waals surface area contributed by atoms with E-state index >= 15 is 0 Å². The number of ketones is 1. The van der Waals surface area contributed by atoms with E-state index in [-0.39, 0.29) is 41.4 Å². The van der Waals surface area contributed by atoms with Crippen LogP contribution < -0.4 is 0 Å². The Morgan fingerprint density at radius 3 is 1.92 bits per heavy atom. The summed E-state index contributed by atoms with van der Waals surface area (Å²) in [6, 6.07) is 20.1. The second-order valence-corrected chi connectivity index (χ2v) is 18.9. The summed E-state index contributed by atoms with van der Waals surface area (Å²) >= 11 is 0. The maximum Gasteiger partial charge on any atom is 0.255 e. The van der Waals surface area contributed by atoms with Crippen LogP contribution >= 0.6 is 12.4 Å². The number of piperidine rings is 2. The van der Waals surface area contributed by atoms with Crippen molar-refractivity contribution in [2.75, 3.05) is 52.4 Å². The molecule has 0 aromatic heterocycles. The van der Waals surface area contributed by atoms with Gasteiger partial charge in [0.25, 0.3) is 11.8 Å². The van der Waals surface area contributed by atoms with E-state index < -0.39 is 6.10 Å². The summed E-state index contributed by atoms with van der Waals surface area (Å²) in [5.74, 6) is 1.01. The molecule has 0 spiro atoms. The molecule has 1 atom stereocenters. The molecule has 1 unspecified atom stereocenters. The fraction of sp³-hybridized carbons (Fsp3) is 0.481. The molecule has 2 amide bonds. The number of carbonyl (C=O) groups is 3. The van der Waals surface area contributed by atoms with Gasteiger partial charge in [-0.3, -0.25) is 19.3 Å². The van der Waals surface area contributed by atoms with E-state index in [4.69, 9.17) is 0 Å². The molecule has 8 rings (SSSR count). The van der Waals surface area contributed by atoms with Crippen molar-refractivity contribution in [2.24, 2.45) is 11.8 Å². The summed E-state index contributed by atoms with van der Waals surface area (Å²) in [5, 5.41) is 10.5. The van der Waals surface area contributed by atoms with Crippen LogP contribution in [0.15, 0.2) is 66.7 Å². The van der Waals surface area contributed by atoms with Crippen molar-refractivity contribution in [3.8, 4) is 0 Å². The van der Waals surface area contributed by atoms with Gasteiger partial charge in [0.2, 0.25) is 0 Å². The molecule has 2 fully saturated rings. The van der Waals surface area contributed by atoms with Crippen molar-refractivity contribution in [1.82, 2.24) is 19.6 Å². The highest BCUT2D eigenvalue weighted by atomic mass is 35.5. The Labute approximate surface area is 374 Å². The molecule has 4 heterocycles. The lowest BCUT2D eigenvalue weighted by molar-refractivity contribution is 0.0509. The maximum atomic E-state index is 13.6. The molecule has 0 radical (unpaired) electrons. The zero-order valence-corrected chi connectivity index (χ0v) is 38.8. The van der Waals surface area contributed by atoms with Crippen LogP contribution in [0.1, 0.15) is 127 Å². The van der Waals surface area contributed by atoms with E-state index in [0.29, 0.717) is 30.5 Å². The monoisotopic (exact) mass is 864 g/mol. The quantitative estimate of drug-likeness (QED) is 0.160. The van der Waals surface area contributed by atoms with Crippen molar-refractivity contribution >= 4 is 30.0 Å². The summed E-state index contributed by atoms with van der Waals surface area (Å²) < 4.78 is 13.1. The number of benzene rings is 4. The van der Waals surface area contributed by atoms with E-state index in [1.807, 2.05) is 29.2 Å². The van der Waals surface area contributed by atoms with E-state index in [2.05, 4.69) is 88.3 Å². The Hall–Kier alpha value is -4.41. The predicted molar refractivity (Wildman–Crippen MR) is 248 cm³/mol. The van der Waals surface area contributed by atoms with Crippen molar-refractivity contribution < 1.29 is 23.9 Å². The van der Waals surface area contributed by atoms with Gasteiger partial charge in [0.05, 0.1) is 18.2 Å². The number of hydrogen-bond donors (Lipinski definition) is 1. The number of amides is 2. The van der Waals surface area contributed by atoms with Crippen LogP contribution in [0, 0.1) is 59.2 Å². The van der Waals surface area contributed by atoms with Crippen LogP contribution in [-0.2, 0) is 12.1 Å². The standard InChI is InChI=1S/C28H35FN2O2.C24H30N2O2.ClH/c1-17-18(2)20(4)26-25(19(17)3)27(33)31(28(26,5)6)15-21-11-13-30(14-12-21)16-24(32)22-7-9-23(29)10-8-22;1-17-3-6-20(7-4-17)23(27)16-25-11-9-19(10-12-25)14-26-15-21-13-18(2)5-8-22(21)24(26)28;/h7-10,21H,11-16H2,1-6H3;3-8,13,19,23,27H,9-12,14-16H2,1-2H3;1H. The Morgan fingerprint density at radius 2 is 1.29 bits per heavy atom. The summed E-state index contributed by atoms with van der Waals surface area (Å²) in [5.41, 5.74) is 12.6. The summed E-state index contributed by atoms with van der Waals surface area (Å²) in [6.45, 7) is 24.0. The van der Waals surface area contributed by atoms with Gasteiger partial charge in [0, 0.05) is 42.9 Å². The van der Waals surface area contributed by atoms with E-state index in [9.17, 15) is 23.9 Å². The SMILES string of the molecule is Cc1c(C)c(C)c2c(c1C)C(=O)N(CC1CCN(CC(=O)c3ccc(F)cc3)CC1)C2(C)C.Cc1ccc(C(O)CN2CCC(CN3Cc4cc(C)ccc4C3=O)CC2)cc1.Cl. The minimum atomic E-state index is -0.435. The van der Waals surface area contributed by atoms with Crippen LogP contribution in [0.25, 0.3) is 0 Å². The number of hydrogen-bond acceptors (Lipinski definition) is 6. The van der Waals surface area contributed by atoms with Gasteiger partial charge in [0.15, 0.2) is 5.78 Å². The Kier molecular flexibility index (Phi) is 14.8. The molecule has 8 nitrogen and oxygen atoms in total. The lowest BCUT2D eigenvalue weighted by atomic mass is 9.83. The number of rotatable bonds is 10. The first-order chi connectivity index (χ1) is 29.0. The topological polar surface area (TPSA) is 84.4 Å². The third-order valence-electron chi connectivity index (χ3n) is 14.3. The van der Waals surface area contributed by atoms with Gasteiger partial charge >= 0.3 is 0 Å². The van der Waals surface area contributed by atoms with Crippen LogP contribution in [0.2, 0.25) is 0 Å². The number of Topliss-reactive ketones (excluding diaryl/α,β-unsaturated/α-hetero) is 1. The summed E-state index contributed by atoms with van der Waals surface area (Å²) in [6.07, 6.45) is 3.65. The lowest BCUT2D eigenvalue weighted by Crippen LogP contribution is -2.45. The first kappa shape index (κ1) is 47.1. The highest BCUT2D eigenvalue weighted by molar-refractivity contribution is 6.02. The van der Waals surface area contributed by atoms with Gasteiger partial charge in [-0.05, 0) is 188 Å². The lowest BCUT2D eigenvalue weighted by Gasteiger charge is -2.39. The second kappa shape index (κ2) is 19.5. The molecule has 4 aliphatic rings. The first-order valence-corrected chi connectivity index (χ1v) is 22.3. The molecule has 4 aromatic carbocycles. The number of likely N-dealkylation sites (tertiary alicyclic amines) is 2. The van der Waals surface area contributed by atoms with Crippen molar-refractivity contribution in [3.63, 3.8) is 0 Å². The van der Waals surface area contributed by atoms with Gasteiger partial charge < -0.3 is 19.8 Å². The molecular formula is C52H66ClFN4O4. The molecule has 2 saturated heterocycles. The number of aryl methyl sites for hydroxylation is 2. The second-order valence-electron chi connectivity index (χ2n) is 18.9. The molecule has 62 heavy (non-hydrogen) atoms. The average Bonchev–Trinajstić information content (AvgIpc) is 3.64. The van der Waals surface area contributed by atoms with Crippen molar-refractivity contribution in [3.05, 3.63) is 139 Å². The molecule has 0 saturated carbocycles. The molecule has 0 aliphatic carbocycles. The number of aliphatic hydroxyl groups excluding tert-OH is 1. The zero-order chi connectivity index (χ0) is 43.7. The molecule has 10 heteroatoms. The van der Waals surface area contributed by atoms with E-state index in [1.165, 1.54) is 51.1 Å². The van der Waals surface area contributed by atoms with Crippen LogP contribution in [-0.4, -0.2) is 94.7 Å². The van der Waals surface area contributed by atoms with E-state index in [1.54, 1.807) is 12.1 Å². The first-order valence-electron chi connectivity index (χ1n) is 22.3. The highest BCUT2D eigenvalue weighted by Gasteiger charge is 2.46. The number of halogens is 2. The molecule has 4 aliphatic heterocycles. The van der Waals surface area contributed by atoms with Gasteiger partial charge in [-0.2, -0.15) is 0 Å². The van der Waals surface area contributed by atoms with Gasteiger partial charge in [-0.25, -0.2) is 4.39 Å². The molecule has 1 N–H and O–H groups in total. The highest BCUT2D eigenvalue weighted by Crippen LogP contribution is 2.45. The van der Waals surface area contributed by atoms with Crippen LogP contribution in [0.5, 0.6) is 0 Å². The smallest absolute Gasteiger partial charge is 0.255 e. The Morgan fingerprint density at radius 1 is 0.726 bits per heavy atom. The summed E-state index contributed by atoms with van der Waals surface area (Å²) in [4.78, 5) is 47.4. The zero-order valence-electron chi connectivity index (χ0n) is 38.0. The average molecular weight is 866 g/mol. The van der Waals surface area contributed by atoms with Crippen LogP contribution in [0.4, 0.5) is 4.39 Å².